The van der Waals surface area contributed by atoms with E-state index in [1.54, 1.807) is 24.3 Å². The van der Waals surface area contributed by atoms with Gasteiger partial charge in [0.2, 0.25) is 0 Å². The minimum atomic E-state index is -4.23. The predicted octanol–water partition coefficient (Wildman–Crippen LogP) is 5.27. The van der Waals surface area contributed by atoms with E-state index in [9.17, 15) is 17.2 Å². The van der Waals surface area contributed by atoms with Crippen molar-refractivity contribution in [3.8, 4) is 17.2 Å². The lowest BCUT2D eigenvalue weighted by Crippen LogP contribution is -2.14. The SMILES string of the molecule is Cc1cccc(-c2cc(NS(=O)(=O)c3ccc(Cl)c(C#N)c3)c(F)cc2F)c1. The number of sulfonamides is 1. The molecule has 4 nitrogen and oxygen atoms in total. The van der Waals surface area contributed by atoms with Gasteiger partial charge in [-0.25, -0.2) is 17.2 Å². The van der Waals surface area contributed by atoms with Gasteiger partial charge in [0.05, 0.1) is 21.2 Å². The van der Waals surface area contributed by atoms with Crippen molar-refractivity contribution in [3.63, 3.8) is 0 Å². The molecule has 0 aliphatic carbocycles. The Morgan fingerprint density at radius 1 is 1.04 bits per heavy atom. The van der Waals surface area contributed by atoms with Crippen LogP contribution in [0.2, 0.25) is 5.02 Å². The number of nitrogens with one attached hydrogen (secondary N) is 1. The third kappa shape index (κ3) is 3.98. The van der Waals surface area contributed by atoms with Gasteiger partial charge in [0, 0.05) is 11.6 Å². The zero-order valence-electron chi connectivity index (χ0n) is 14.5. The Hall–Kier alpha value is -2.95. The zero-order chi connectivity index (χ0) is 20.5. The van der Waals surface area contributed by atoms with E-state index in [4.69, 9.17) is 16.9 Å². The van der Waals surface area contributed by atoms with E-state index in [-0.39, 0.29) is 21.0 Å². The molecule has 0 unspecified atom stereocenters. The highest BCUT2D eigenvalue weighted by atomic mass is 35.5. The largest absolute Gasteiger partial charge is 0.277 e. The molecule has 0 saturated heterocycles. The maximum Gasteiger partial charge on any atom is 0.262 e. The molecule has 0 heterocycles. The van der Waals surface area contributed by atoms with Crippen LogP contribution in [0.3, 0.4) is 0 Å². The maximum atomic E-state index is 14.3. The number of aryl methyl sites for hydroxylation is 1. The summed E-state index contributed by atoms with van der Waals surface area (Å²) >= 11 is 5.81. The summed E-state index contributed by atoms with van der Waals surface area (Å²) < 4.78 is 55.8. The molecule has 142 valence electrons. The average molecular weight is 419 g/mol. The lowest BCUT2D eigenvalue weighted by molar-refractivity contribution is 0.584. The van der Waals surface area contributed by atoms with Crippen molar-refractivity contribution >= 4 is 27.3 Å². The van der Waals surface area contributed by atoms with E-state index in [1.165, 1.54) is 12.1 Å². The van der Waals surface area contributed by atoms with Crippen LogP contribution in [-0.2, 0) is 10.0 Å². The minimum absolute atomic E-state index is 0.0374. The fourth-order valence-corrected chi connectivity index (χ4v) is 3.87. The van der Waals surface area contributed by atoms with E-state index in [0.717, 1.165) is 17.7 Å². The van der Waals surface area contributed by atoms with E-state index in [0.29, 0.717) is 11.6 Å². The molecular weight excluding hydrogens is 406 g/mol. The molecule has 0 radical (unpaired) electrons. The Morgan fingerprint density at radius 3 is 2.46 bits per heavy atom. The highest BCUT2D eigenvalue weighted by Gasteiger charge is 2.20. The Bertz CT molecular complexity index is 1220. The second-order valence-corrected chi connectivity index (χ2v) is 8.13. The molecule has 3 rings (SSSR count). The summed E-state index contributed by atoms with van der Waals surface area (Å²) in [6.45, 7) is 1.82. The highest BCUT2D eigenvalue weighted by Crippen LogP contribution is 2.30. The number of halogens is 3. The Morgan fingerprint density at radius 2 is 1.79 bits per heavy atom. The van der Waals surface area contributed by atoms with Crippen molar-refractivity contribution in [3.05, 3.63) is 82.4 Å². The average Bonchev–Trinajstić information content (AvgIpc) is 2.64. The van der Waals surface area contributed by atoms with E-state index in [1.807, 2.05) is 13.0 Å². The van der Waals surface area contributed by atoms with Gasteiger partial charge >= 0.3 is 0 Å². The summed E-state index contributed by atoms with van der Waals surface area (Å²) in [7, 11) is -4.23. The molecule has 0 spiro atoms. The first-order valence-electron chi connectivity index (χ1n) is 8.00. The summed E-state index contributed by atoms with van der Waals surface area (Å²) in [6, 6.07) is 13.9. The van der Waals surface area contributed by atoms with Crippen LogP contribution in [0.5, 0.6) is 0 Å². The number of hydrogen-bond donors (Lipinski definition) is 1. The predicted molar refractivity (Wildman–Crippen MR) is 104 cm³/mol. The number of hydrogen-bond acceptors (Lipinski definition) is 3. The minimum Gasteiger partial charge on any atom is -0.277 e. The van der Waals surface area contributed by atoms with Gasteiger partial charge < -0.3 is 0 Å². The van der Waals surface area contributed by atoms with E-state index in [2.05, 4.69) is 4.72 Å². The quantitative estimate of drug-likeness (QED) is 0.627. The maximum absolute atomic E-state index is 14.3. The van der Waals surface area contributed by atoms with E-state index < -0.39 is 27.3 Å². The summed E-state index contributed by atoms with van der Waals surface area (Å²) in [5.74, 6) is -1.88. The summed E-state index contributed by atoms with van der Waals surface area (Å²) in [4.78, 5) is -0.269. The van der Waals surface area contributed by atoms with Gasteiger partial charge in [0.25, 0.3) is 10.0 Å². The Labute approximate surface area is 166 Å². The molecule has 1 N–H and O–H groups in total. The number of benzene rings is 3. The smallest absolute Gasteiger partial charge is 0.262 e. The topological polar surface area (TPSA) is 70.0 Å². The molecule has 0 saturated carbocycles. The Balaban J connectivity index is 2.05. The fraction of sp³-hybridized carbons (Fsp3) is 0.0500. The third-order valence-corrected chi connectivity index (χ3v) is 5.69. The zero-order valence-corrected chi connectivity index (χ0v) is 16.1. The molecular formula is C20H13ClF2N2O2S. The van der Waals surface area contributed by atoms with Gasteiger partial charge in [-0.3, -0.25) is 4.72 Å². The van der Waals surface area contributed by atoms with Crippen LogP contribution >= 0.6 is 11.6 Å². The first-order valence-corrected chi connectivity index (χ1v) is 9.86. The van der Waals surface area contributed by atoms with Crippen molar-refractivity contribution in [2.24, 2.45) is 0 Å². The summed E-state index contributed by atoms with van der Waals surface area (Å²) in [6.07, 6.45) is 0. The van der Waals surface area contributed by atoms with Crippen molar-refractivity contribution < 1.29 is 17.2 Å². The first kappa shape index (κ1) is 19.8. The van der Waals surface area contributed by atoms with Crippen LogP contribution in [-0.4, -0.2) is 8.42 Å². The van der Waals surface area contributed by atoms with Gasteiger partial charge in [-0.05, 0) is 36.8 Å². The second kappa shape index (κ2) is 7.58. The molecule has 0 atom stereocenters. The van der Waals surface area contributed by atoms with Gasteiger partial charge in [0.15, 0.2) is 0 Å². The standard InChI is InChI=1S/C20H13ClF2N2O2S/c1-12-3-2-4-13(7-12)16-9-20(19(23)10-18(16)22)25-28(26,27)15-5-6-17(21)14(8-15)11-24/h2-10,25H,1H3. The molecule has 0 amide bonds. The molecule has 0 aromatic heterocycles. The van der Waals surface area contributed by atoms with Crippen LogP contribution in [0, 0.1) is 29.9 Å². The van der Waals surface area contributed by atoms with Crippen LogP contribution in [0.25, 0.3) is 11.1 Å². The number of nitrogens with zero attached hydrogens (tertiary/aromatic N) is 1. The van der Waals surface area contributed by atoms with Gasteiger partial charge in [-0.1, -0.05) is 41.4 Å². The normalized spacial score (nSPS) is 11.1. The van der Waals surface area contributed by atoms with Crippen LogP contribution in [0.4, 0.5) is 14.5 Å². The summed E-state index contributed by atoms with van der Waals surface area (Å²) in [5, 5.41) is 9.10. The van der Waals surface area contributed by atoms with Crippen LogP contribution < -0.4 is 4.72 Å². The van der Waals surface area contributed by atoms with Crippen LogP contribution in [0.15, 0.2) is 59.5 Å². The number of rotatable bonds is 4. The number of nitriles is 1. The fourth-order valence-electron chi connectivity index (χ4n) is 2.62. The second-order valence-electron chi connectivity index (χ2n) is 6.04. The molecule has 0 bridgehead atoms. The molecule has 0 aliphatic heterocycles. The van der Waals surface area contributed by atoms with Gasteiger partial charge in [-0.2, -0.15) is 5.26 Å². The molecule has 3 aromatic rings. The highest BCUT2D eigenvalue weighted by molar-refractivity contribution is 7.92. The van der Waals surface area contributed by atoms with Crippen molar-refractivity contribution in [2.75, 3.05) is 4.72 Å². The van der Waals surface area contributed by atoms with E-state index >= 15 is 0 Å². The van der Waals surface area contributed by atoms with Gasteiger partial charge in [0.1, 0.15) is 17.7 Å². The lowest BCUT2D eigenvalue weighted by Gasteiger charge is -2.12. The van der Waals surface area contributed by atoms with Gasteiger partial charge in [-0.15, -0.1) is 0 Å². The molecule has 0 aliphatic rings. The van der Waals surface area contributed by atoms with Crippen molar-refractivity contribution in [1.82, 2.24) is 0 Å². The molecule has 8 heteroatoms. The summed E-state index contributed by atoms with van der Waals surface area (Å²) in [5.41, 5.74) is 0.956. The Kier molecular flexibility index (Phi) is 5.36. The number of anilines is 1. The monoisotopic (exact) mass is 418 g/mol. The van der Waals surface area contributed by atoms with Crippen molar-refractivity contribution in [1.29, 1.82) is 5.26 Å². The molecule has 3 aromatic carbocycles. The first-order chi connectivity index (χ1) is 13.2. The lowest BCUT2D eigenvalue weighted by atomic mass is 10.0. The van der Waals surface area contributed by atoms with Crippen LogP contribution in [0.1, 0.15) is 11.1 Å². The van der Waals surface area contributed by atoms with Crippen molar-refractivity contribution in [2.45, 2.75) is 11.8 Å². The molecule has 0 fully saturated rings. The molecule has 28 heavy (non-hydrogen) atoms. The third-order valence-electron chi connectivity index (χ3n) is 4.00.